The average Bonchev–Trinajstić information content (AvgIpc) is 3.20. The Morgan fingerprint density at radius 3 is 2.53 bits per heavy atom. The maximum absolute atomic E-state index is 13.2. The molecule has 9 heteroatoms. The summed E-state index contributed by atoms with van der Waals surface area (Å²) >= 11 is 12.4. The number of ether oxygens (including phenoxy) is 1. The molecule has 3 aromatic heterocycles. The molecule has 0 saturated heterocycles. The topological polar surface area (TPSA) is 94.3 Å². The van der Waals surface area contributed by atoms with E-state index in [-0.39, 0.29) is 24.5 Å². The van der Waals surface area contributed by atoms with Gasteiger partial charge in [-0.15, -0.1) is 0 Å². The number of hydrogen-bond donors (Lipinski definition) is 1. The number of fused-ring (bicyclic) bond motifs is 1. The number of carbonyl (C=O) groups excluding carboxylic acids is 2. The fraction of sp³-hybridized carbons (Fsp3) is 0.130. The first-order valence-electron chi connectivity index (χ1n) is 9.56. The number of aromatic nitrogens is 2. The molecule has 32 heavy (non-hydrogen) atoms. The number of benzene rings is 1. The Morgan fingerprint density at radius 1 is 1.06 bits per heavy atom. The highest BCUT2D eigenvalue weighted by atomic mass is 35.5. The van der Waals surface area contributed by atoms with Crippen LogP contribution in [0.1, 0.15) is 21.5 Å². The Balaban J connectivity index is 1.69. The number of methoxy groups -OCH3 is 1. The molecule has 0 radical (unpaired) electrons. The number of amides is 1. The molecule has 4 rings (SSSR count). The molecule has 0 bridgehead atoms. The maximum Gasteiger partial charge on any atom is 0.228 e. The van der Waals surface area contributed by atoms with Crippen molar-refractivity contribution in [3.63, 3.8) is 0 Å². The lowest BCUT2D eigenvalue weighted by molar-refractivity contribution is -0.115. The van der Waals surface area contributed by atoms with Crippen LogP contribution in [0.2, 0.25) is 10.0 Å². The molecule has 3 heterocycles. The molecule has 1 amide bonds. The molecule has 0 saturated carbocycles. The number of nitrogens with one attached hydrogen (secondary N) is 1. The number of ketones is 1. The normalized spacial score (nSPS) is 10.8. The van der Waals surface area contributed by atoms with Crippen LogP contribution < -0.4 is 10.1 Å². The quantitative estimate of drug-likeness (QED) is 0.376. The van der Waals surface area contributed by atoms with E-state index < -0.39 is 0 Å². The largest absolute Gasteiger partial charge is 0.493 e. The number of carbonyl (C=O) groups is 2. The second-order valence-electron chi connectivity index (χ2n) is 6.93. The molecule has 1 N–H and O–H groups in total. The molecular formula is C23H17Cl2N3O4. The summed E-state index contributed by atoms with van der Waals surface area (Å²) in [6.07, 6.45) is 7.45. The summed E-state index contributed by atoms with van der Waals surface area (Å²) in [5.41, 5.74) is 2.37. The van der Waals surface area contributed by atoms with Crippen LogP contribution >= 0.6 is 23.2 Å². The number of Topliss-reactive ketones (excluding diaryl/α,β-unsaturated/α-hetero) is 1. The number of nitrogens with zero attached hydrogens (tertiary/aromatic N) is 2. The van der Waals surface area contributed by atoms with Crippen molar-refractivity contribution in [1.29, 1.82) is 0 Å². The van der Waals surface area contributed by atoms with Gasteiger partial charge in [0.25, 0.3) is 0 Å². The first kappa shape index (κ1) is 21.8. The molecule has 0 aliphatic heterocycles. The summed E-state index contributed by atoms with van der Waals surface area (Å²) in [5.74, 6) is -0.0550. The van der Waals surface area contributed by atoms with Gasteiger partial charge in [0.2, 0.25) is 5.91 Å². The summed E-state index contributed by atoms with van der Waals surface area (Å²) in [6.45, 7) is 0. The smallest absolute Gasteiger partial charge is 0.228 e. The number of furan rings is 1. The number of halogens is 2. The van der Waals surface area contributed by atoms with Crippen molar-refractivity contribution in [3.05, 3.63) is 82.1 Å². The number of anilines is 1. The lowest BCUT2D eigenvalue weighted by Crippen LogP contribution is -2.15. The van der Waals surface area contributed by atoms with Gasteiger partial charge < -0.3 is 14.5 Å². The lowest BCUT2D eigenvalue weighted by Gasteiger charge is -2.10. The van der Waals surface area contributed by atoms with Crippen molar-refractivity contribution in [2.45, 2.75) is 12.8 Å². The van der Waals surface area contributed by atoms with Crippen LogP contribution in [0, 0.1) is 0 Å². The van der Waals surface area contributed by atoms with E-state index in [1.54, 1.807) is 36.7 Å². The number of rotatable bonds is 7. The zero-order valence-corrected chi connectivity index (χ0v) is 18.4. The highest BCUT2D eigenvalue weighted by molar-refractivity contribution is 6.36. The van der Waals surface area contributed by atoms with E-state index in [4.69, 9.17) is 32.4 Å². The Labute approximate surface area is 193 Å². The van der Waals surface area contributed by atoms with Crippen LogP contribution in [-0.4, -0.2) is 28.8 Å². The summed E-state index contributed by atoms with van der Waals surface area (Å²) in [4.78, 5) is 33.7. The van der Waals surface area contributed by atoms with E-state index in [2.05, 4.69) is 15.3 Å². The van der Waals surface area contributed by atoms with E-state index in [1.165, 1.54) is 25.8 Å². The summed E-state index contributed by atoms with van der Waals surface area (Å²) < 4.78 is 11.0. The van der Waals surface area contributed by atoms with Gasteiger partial charge in [-0.25, -0.2) is 0 Å². The molecular weight excluding hydrogens is 453 g/mol. The van der Waals surface area contributed by atoms with Crippen molar-refractivity contribution >= 4 is 51.5 Å². The molecule has 0 unspecified atom stereocenters. The predicted molar refractivity (Wildman–Crippen MR) is 122 cm³/mol. The number of pyridine rings is 2. The minimum absolute atomic E-state index is 0.00783. The van der Waals surface area contributed by atoms with Crippen LogP contribution in [0.15, 0.2) is 59.7 Å². The maximum atomic E-state index is 13.2. The Morgan fingerprint density at radius 2 is 1.84 bits per heavy atom. The van der Waals surface area contributed by atoms with Gasteiger partial charge >= 0.3 is 0 Å². The molecule has 0 fully saturated rings. The fourth-order valence-corrected chi connectivity index (χ4v) is 3.89. The first-order chi connectivity index (χ1) is 15.5. The average molecular weight is 470 g/mol. The highest BCUT2D eigenvalue weighted by Crippen LogP contribution is 2.34. The van der Waals surface area contributed by atoms with Gasteiger partial charge in [0.15, 0.2) is 17.1 Å². The van der Waals surface area contributed by atoms with E-state index in [0.717, 1.165) is 0 Å². The Hall–Kier alpha value is -3.42. The molecule has 0 aliphatic rings. The summed E-state index contributed by atoms with van der Waals surface area (Å²) in [6, 6.07) is 6.75. The van der Waals surface area contributed by atoms with Gasteiger partial charge in [0, 0.05) is 47.1 Å². The van der Waals surface area contributed by atoms with Crippen molar-refractivity contribution in [3.8, 4) is 5.75 Å². The molecule has 4 aromatic rings. The van der Waals surface area contributed by atoms with Gasteiger partial charge in [-0.3, -0.25) is 19.6 Å². The zero-order chi connectivity index (χ0) is 22.7. The predicted octanol–water partition coefficient (Wildman–Crippen LogP) is 5.14. The van der Waals surface area contributed by atoms with E-state index >= 15 is 0 Å². The summed E-state index contributed by atoms with van der Waals surface area (Å²) in [5, 5.41) is 3.90. The lowest BCUT2D eigenvalue weighted by atomic mass is 9.97. The second-order valence-corrected chi connectivity index (χ2v) is 7.74. The van der Waals surface area contributed by atoms with E-state index in [0.29, 0.717) is 49.1 Å². The minimum atomic E-state index is -0.276. The van der Waals surface area contributed by atoms with Crippen LogP contribution in [-0.2, 0) is 17.6 Å². The standard InChI is InChI=1S/C23H17Cl2N3O4/c1-31-20-5-4-15(19(29)8-16-17(24)10-27-11-18(16)25)22-13(12-32-23(20)22)7-21(30)28-14-3-2-6-26-9-14/h2-6,9-12H,7-8H2,1H3,(H,28,30). The van der Waals surface area contributed by atoms with Crippen molar-refractivity contribution in [2.75, 3.05) is 12.4 Å². The van der Waals surface area contributed by atoms with Gasteiger partial charge in [-0.05, 0) is 24.3 Å². The summed E-state index contributed by atoms with van der Waals surface area (Å²) in [7, 11) is 1.50. The molecule has 0 aliphatic carbocycles. The van der Waals surface area contributed by atoms with Crippen molar-refractivity contribution in [1.82, 2.24) is 9.97 Å². The van der Waals surface area contributed by atoms with Gasteiger partial charge in [-0.2, -0.15) is 0 Å². The highest BCUT2D eigenvalue weighted by Gasteiger charge is 2.22. The van der Waals surface area contributed by atoms with Crippen LogP contribution in [0.3, 0.4) is 0 Å². The van der Waals surface area contributed by atoms with Gasteiger partial charge in [0.05, 0.1) is 41.7 Å². The third kappa shape index (κ3) is 4.44. The van der Waals surface area contributed by atoms with Gasteiger partial charge in [0.1, 0.15) is 0 Å². The van der Waals surface area contributed by atoms with Crippen LogP contribution in [0.25, 0.3) is 11.0 Å². The first-order valence-corrected chi connectivity index (χ1v) is 10.3. The second kappa shape index (κ2) is 9.38. The van der Waals surface area contributed by atoms with Gasteiger partial charge in [-0.1, -0.05) is 23.2 Å². The molecule has 7 nitrogen and oxygen atoms in total. The van der Waals surface area contributed by atoms with Crippen molar-refractivity contribution < 1.29 is 18.7 Å². The van der Waals surface area contributed by atoms with Crippen LogP contribution in [0.4, 0.5) is 5.69 Å². The van der Waals surface area contributed by atoms with E-state index in [1.807, 2.05) is 0 Å². The molecule has 0 atom stereocenters. The third-order valence-corrected chi connectivity index (χ3v) is 5.52. The zero-order valence-electron chi connectivity index (χ0n) is 16.9. The Bertz CT molecular complexity index is 1290. The number of hydrogen-bond acceptors (Lipinski definition) is 6. The SMILES string of the molecule is COc1ccc(C(=O)Cc2c(Cl)cncc2Cl)c2c(CC(=O)Nc3cccnc3)coc12. The third-order valence-electron chi connectivity index (χ3n) is 4.87. The van der Waals surface area contributed by atoms with E-state index in [9.17, 15) is 9.59 Å². The van der Waals surface area contributed by atoms with Crippen molar-refractivity contribution in [2.24, 2.45) is 0 Å². The minimum Gasteiger partial charge on any atom is -0.493 e. The monoisotopic (exact) mass is 469 g/mol. The molecule has 162 valence electrons. The van der Waals surface area contributed by atoms with Crippen LogP contribution in [0.5, 0.6) is 5.75 Å². The Kier molecular flexibility index (Phi) is 6.39. The fourth-order valence-electron chi connectivity index (χ4n) is 3.39. The molecule has 0 spiro atoms. The molecule has 1 aromatic carbocycles.